The Morgan fingerprint density at radius 2 is 2.21 bits per heavy atom. The number of carbonyl (C=O) groups excluding carboxylic acids is 1. The normalized spacial score (nSPS) is 21.6. The van der Waals surface area contributed by atoms with Gasteiger partial charge in [-0.25, -0.2) is 0 Å². The largest absolute Gasteiger partial charge is 0.330 e. The number of nitrogens with two attached hydrogens (primary N) is 1. The van der Waals surface area contributed by atoms with Gasteiger partial charge >= 0.3 is 0 Å². The highest BCUT2D eigenvalue weighted by Gasteiger charge is 2.29. The molecule has 1 fully saturated rings. The molecule has 3 heteroatoms. The van der Waals surface area contributed by atoms with Crippen molar-refractivity contribution in [3.05, 3.63) is 34.9 Å². The fraction of sp³-hybridized carbons (Fsp3) is 0.562. The van der Waals surface area contributed by atoms with E-state index in [2.05, 4.69) is 11.0 Å². The number of carbonyl (C=O) groups is 1. The molecule has 1 aromatic rings. The molecule has 1 heterocycles. The third kappa shape index (κ3) is 3.04. The van der Waals surface area contributed by atoms with Gasteiger partial charge in [0.2, 0.25) is 0 Å². The number of ketones is 1. The molecular formula is C16H24N2O. The van der Waals surface area contributed by atoms with Crippen LogP contribution in [0.1, 0.15) is 34.8 Å². The quantitative estimate of drug-likeness (QED) is 0.844. The second-order valence-electron chi connectivity index (χ2n) is 5.74. The van der Waals surface area contributed by atoms with Gasteiger partial charge in [-0.05, 0) is 57.8 Å². The summed E-state index contributed by atoms with van der Waals surface area (Å²) in [5.41, 5.74) is 8.79. The van der Waals surface area contributed by atoms with E-state index in [1.807, 2.05) is 32.9 Å². The minimum Gasteiger partial charge on any atom is -0.330 e. The summed E-state index contributed by atoms with van der Waals surface area (Å²) in [6.07, 6.45) is 1.11. The maximum atomic E-state index is 12.6. The zero-order valence-electron chi connectivity index (χ0n) is 12.1. The SMILES string of the molecule is Cc1ccc(C)c(C(=O)C(C)N2CCC(CN)C2)c1. The van der Waals surface area contributed by atoms with Crippen molar-refractivity contribution in [2.24, 2.45) is 11.7 Å². The Balaban J connectivity index is 2.13. The third-order valence-corrected chi connectivity index (χ3v) is 4.24. The van der Waals surface area contributed by atoms with E-state index in [1.165, 1.54) is 0 Å². The summed E-state index contributed by atoms with van der Waals surface area (Å²) < 4.78 is 0. The molecule has 1 saturated heterocycles. The van der Waals surface area contributed by atoms with Crippen LogP contribution in [-0.2, 0) is 0 Å². The predicted molar refractivity (Wildman–Crippen MR) is 78.4 cm³/mol. The van der Waals surface area contributed by atoms with Crippen LogP contribution in [0.25, 0.3) is 0 Å². The van der Waals surface area contributed by atoms with Crippen molar-refractivity contribution < 1.29 is 4.79 Å². The maximum Gasteiger partial charge on any atom is 0.179 e. The van der Waals surface area contributed by atoms with E-state index in [0.29, 0.717) is 5.92 Å². The van der Waals surface area contributed by atoms with Crippen LogP contribution in [0, 0.1) is 19.8 Å². The summed E-state index contributed by atoms with van der Waals surface area (Å²) in [4.78, 5) is 14.9. The van der Waals surface area contributed by atoms with Gasteiger partial charge in [0.25, 0.3) is 0 Å². The van der Waals surface area contributed by atoms with Crippen LogP contribution in [0.5, 0.6) is 0 Å². The first kappa shape index (κ1) is 14.2. The second kappa shape index (κ2) is 5.85. The zero-order chi connectivity index (χ0) is 14.0. The summed E-state index contributed by atoms with van der Waals surface area (Å²) in [5.74, 6) is 0.785. The Kier molecular flexibility index (Phi) is 4.38. The van der Waals surface area contributed by atoms with Gasteiger partial charge in [-0.1, -0.05) is 17.7 Å². The molecule has 0 amide bonds. The topological polar surface area (TPSA) is 46.3 Å². The van der Waals surface area contributed by atoms with Gasteiger partial charge in [-0.2, -0.15) is 0 Å². The number of rotatable bonds is 4. The molecule has 0 aliphatic carbocycles. The first-order valence-electron chi connectivity index (χ1n) is 7.08. The number of benzene rings is 1. The van der Waals surface area contributed by atoms with Crippen molar-refractivity contribution in [2.75, 3.05) is 19.6 Å². The average molecular weight is 260 g/mol. The van der Waals surface area contributed by atoms with Crippen molar-refractivity contribution in [3.8, 4) is 0 Å². The molecule has 0 spiro atoms. The molecule has 0 bridgehead atoms. The Labute approximate surface area is 115 Å². The predicted octanol–water partition coefficient (Wildman–Crippen LogP) is 2.16. The fourth-order valence-electron chi connectivity index (χ4n) is 2.80. The van der Waals surface area contributed by atoms with Crippen molar-refractivity contribution >= 4 is 5.78 Å². The van der Waals surface area contributed by atoms with Crippen LogP contribution in [0.2, 0.25) is 0 Å². The molecule has 2 unspecified atom stereocenters. The van der Waals surface area contributed by atoms with E-state index in [0.717, 1.165) is 42.7 Å². The Morgan fingerprint density at radius 3 is 2.84 bits per heavy atom. The van der Waals surface area contributed by atoms with Crippen molar-refractivity contribution in [1.82, 2.24) is 4.90 Å². The number of hydrogen-bond acceptors (Lipinski definition) is 3. The first-order valence-corrected chi connectivity index (χ1v) is 7.08. The van der Waals surface area contributed by atoms with Crippen molar-refractivity contribution in [3.63, 3.8) is 0 Å². The van der Waals surface area contributed by atoms with Gasteiger partial charge in [0.05, 0.1) is 6.04 Å². The maximum absolute atomic E-state index is 12.6. The van der Waals surface area contributed by atoms with E-state index >= 15 is 0 Å². The highest BCUT2D eigenvalue weighted by Crippen LogP contribution is 2.21. The molecule has 0 aromatic heterocycles. The molecule has 1 aromatic carbocycles. The number of aryl methyl sites for hydroxylation is 2. The van der Waals surface area contributed by atoms with Crippen LogP contribution in [0.15, 0.2) is 18.2 Å². The molecular weight excluding hydrogens is 236 g/mol. The molecule has 1 aliphatic heterocycles. The Bertz CT molecular complexity index is 470. The zero-order valence-corrected chi connectivity index (χ0v) is 12.1. The van der Waals surface area contributed by atoms with Crippen LogP contribution in [0.3, 0.4) is 0 Å². The molecule has 0 saturated carbocycles. The minimum absolute atomic E-state index is 0.0444. The lowest BCUT2D eigenvalue weighted by atomic mass is 9.97. The molecule has 2 rings (SSSR count). The number of hydrogen-bond donors (Lipinski definition) is 1. The molecule has 2 atom stereocenters. The number of likely N-dealkylation sites (tertiary alicyclic amines) is 1. The minimum atomic E-state index is -0.0444. The molecule has 3 nitrogen and oxygen atoms in total. The van der Waals surface area contributed by atoms with Crippen LogP contribution < -0.4 is 5.73 Å². The molecule has 19 heavy (non-hydrogen) atoms. The van der Waals surface area contributed by atoms with E-state index in [-0.39, 0.29) is 11.8 Å². The van der Waals surface area contributed by atoms with E-state index < -0.39 is 0 Å². The molecule has 1 aliphatic rings. The van der Waals surface area contributed by atoms with Gasteiger partial charge in [0.15, 0.2) is 5.78 Å². The van der Waals surface area contributed by atoms with Crippen LogP contribution >= 0.6 is 0 Å². The summed E-state index contributed by atoms with van der Waals surface area (Å²) >= 11 is 0. The molecule has 2 N–H and O–H groups in total. The van der Waals surface area contributed by atoms with E-state index in [1.54, 1.807) is 0 Å². The van der Waals surface area contributed by atoms with Crippen LogP contribution in [0.4, 0.5) is 0 Å². The summed E-state index contributed by atoms with van der Waals surface area (Å²) in [5, 5.41) is 0. The summed E-state index contributed by atoms with van der Waals surface area (Å²) in [6.45, 7) is 8.71. The van der Waals surface area contributed by atoms with Crippen molar-refractivity contribution in [2.45, 2.75) is 33.2 Å². The van der Waals surface area contributed by atoms with Crippen molar-refractivity contribution in [1.29, 1.82) is 0 Å². The standard InChI is InChI=1S/C16H24N2O/c1-11-4-5-12(2)15(8-11)16(19)13(3)18-7-6-14(9-17)10-18/h4-5,8,13-14H,6-7,9-10,17H2,1-3H3. The molecule has 0 radical (unpaired) electrons. The summed E-state index contributed by atoms with van der Waals surface area (Å²) in [7, 11) is 0. The molecule has 104 valence electrons. The Morgan fingerprint density at radius 1 is 1.47 bits per heavy atom. The lowest BCUT2D eigenvalue weighted by molar-refractivity contribution is 0.0862. The third-order valence-electron chi connectivity index (χ3n) is 4.24. The van der Waals surface area contributed by atoms with Crippen LogP contribution in [-0.4, -0.2) is 36.4 Å². The summed E-state index contributed by atoms with van der Waals surface area (Å²) in [6, 6.07) is 6.04. The van der Waals surface area contributed by atoms with Gasteiger partial charge in [0, 0.05) is 12.1 Å². The Hall–Kier alpha value is -1.19. The smallest absolute Gasteiger partial charge is 0.179 e. The highest BCUT2D eigenvalue weighted by atomic mass is 16.1. The van der Waals surface area contributed by atoms with Gasteiger partial charge in [-0.15, -0.1) is 0 Å². The fourth-order valence-corrected chi connectivity index (χ4v) is 2.80. The second-order valence-corrected chi connectivity index (χ2v) is 5.74. The first-order chi connectivity index (χ1) is 9.02. The highest BCUT2D eigenvalue weighted by molar-refractivity contribution is 6.01. The number of nitrogens with zero attached hydrogens (tertiary/aromatic N) is 1. The monoisotopic (exact) mass is 260 g/mol. The number of Topliss-reactive ketones (excluding diaryl/α,β-unsaturated/α-hetero) is 1. The van der Waals surface area contributed by atoms with E-state index in [4.69, 9.17) is 5.73 Å². The lowest BCUT2D eigenvalue weighted by Crippen LogP contribution is -2.38. The lowest BCUT2D eigenvalue weighted by Gasteiger charge is -2.24. The van der Waals surface area contributed by atoms with Gasteiger partial charge in [0.1, 0.15) is 0 Å². The van der Waals surface area contributed by atoms with Gasteiger partial charge in [-0.3, -0.25) is 9.69 Å². The van der Waals surface area contributed by atoms with E-state index in [9.17, 15) is 4.79 Å². The average Bonchev–Trinajstić information content (AvgIpc) is 2.88. The van der Waals surface area contributed by atoms with Gasteiger partial charge < -0.3 is 5.73 Å².